The minimum Gasteiger partial charge on any atom is -0.331 e. The summed E-state index contributed by atoms with van der Waals surface area (Å²) < 4.78 is 37.8. The minimum atomic E-state index is -4.33. The third-order valence-electron chi connectivity index (χ3n) is 3.68. The zero-order valence-electron chi connectivity index (χ0n) is 11.6. The molecule has 6 heteroatoms. The fourth-order valence-corrected chi connectivity index (χ4v) is 2.60. The van der Waals surface area contributed by atoms with Crippen LogP contribution in [0.25, 0.3) is 0 Å². The highest BCUT2D eigenvalue weighted by atomic mass is 19.4. The van der Waals surface area contributed by atoms with Crippen LogP contribution in [0.15, 0.2) is 0 Å². The number of nitrogens with one attached hydrogen (secondary N) is 1. The second kappa shape index (κ2) is 7.12. The molecule has 1 N–H and O–H groups in total. The molecule has 0 bridgehead atoms. The average molecular weight is 280 g/mol. The number of halogens is 3. The lowest BCUT2D eigenvalue weighted by Crippen LogP contribution is -2.45. The fourth-order valence-electron chi connectivity index (χ4n) is 2.60. The van der Waals surface area contributed by atoms with Gasteiger partial charge >= 0.3 is 6.18 Å². The van der Waals surface area contributed by atoms with Gasteiger partial charge < -0.3 is 10.2 Å². The summed E-state index contributed by atoms with van der Waals surface area (Å²) in [6, 6.07) is -0.316. The first-order valence-corrected chi connectivity index (χ1v) is 6.94. The molecule has 1 heterocycles. The van der Waals surface area contributed by atoms with Crippen LogP contribution in [0.1, 0.15) is 39.5 Å². The van der Waals surface area contributed by atoms with Crippen LogP contribution in [0.4, 0.5) is 13.2 Å². The number of hydrogen-bond acceptors (Lipinski definition) is 2. The summed E-state index contributed by atoms with van der Waals surface area (Å²) in [5, 5.41) is 3.13. The molecule has 19 heavy (non-hydrogen) atoms. The van der Waals surface area contributed by atoms with E-state index in [0.717, 1.165) is 24.4 Å². The third-order valence-corrected chi connectivity index (χ3v) is 3.68. The van der Waals surface area contributed by atoms with Gasteiger partial charge in [-0.3, -0.25) is 4.79 Å². The molecule has 1 aliphatic rings. The van der Waals surface area contributed by atoms with Crippen molar-refractivity contribution in [3.05, 3.63) is 0 Å². The first-order chi connectivity index (χ1) is 8.87. The van der Waals surface area contributed by atoms with Crippen molar-refractivity contribution < 1.29 is 18.0 Å². The van der Waals surface area contributed by atoms with E-state index in [-0.39, 0.29) is 24.3 Å². The molecule has 1 aliphatic heterocycles. The number of carbonyl (C=O) groups is 1. The molecule has 1 atom stereocenters. The van der Waals surface area contributed by atoms with Crippen molar-refractivity contribution in [3.63, 3.8) is 0 Å². The predicted octanol–water partition coefficient (Wildman–Crippen LogP) is 2.57. The second-order valence-electron chi connectivity index (χ2n) is 5.17. The predicted molar refractivity (Wildman–Crippen MR) is 67.7 cm³/mol. The Labute approximate surface area is 112 Å². The van der Waals surface area contributed by atoms with Crippen LogP contribution in [-0.2, 0) is 4.79 Å². The van der Waals surface area contributed by atoms with Crippen molar-refractivity contribution >= 4 is 5.91 Å². The van der Waals surface area contributed by atoms with Crippen LogP contribution in [-0.4, -0.2) is 42.7 Å². The van der Waals surface area contributed by atoms with Crippen molar-refractivity contribution in [2.45, 2.75) is 51.7 Å². The first kappa shape index (κ1) is 16.3. The maximum absolute atomic E-state index is 12.6. The zero-order valence-corrected chi connectivity index (χ0v) is 11.6. The lowest BCUT2D eigenvalue weighted by atomic mass is 10.0. The van der Waals surface area contributed by atoms with E-state index in [1.807, 2.05) is 13.8 Å². The maximum Gasteiger partial charge on any atom is 0.406 e. The Morgan fingerprint density at radius 1 is 1.37 bits per heavy atom. The van der Waals surface area contributed by atoms with E-state index in [1.165, 1.54) is 0 Å². The summed E-state index contributed by atoms with van der Waals surface area (Å²) >= 11 is 0. The molecule has 1 saturated heterocycles. The lowest BCUT2D eigenvalue weighted by Gasteiger charge is -2.32. The van der Waals surface area contributed by atoms with Crippen LogP contribution in [0.2, 0.25) is 0 Å². The topological polar surface area (TPSA) is 32.3 Å². The van der Waals surface area contributed by atoms with E-state index in [0.29, 0.717) is 12.8 Å². The van der Waals surface area contributed by atoms with Crippen molar-refractivity contribution in [3.8, 4) is 0 Å². The second-order valence-corrected chi connectivity index (χ2v) is 5.17. The zero-order chi connectivity index (χ0) is 14.5. The standard InChI is InChI=1S/C13H23F3N2O/c1-3-11(4-2)18(9-13(14,15)16)12(19)7-10-5-6-17-8-10/h10-11,17H,3-9H2,1-2H3. The molecule has 1 unspecified atom stereocenters. The van der Waals surface area contributed by atoms with Gasteiger partial charge in [0.15, 0.2) is 0 Å². The van der Waals surface area contributed by atoms with E-state index in [9.17, 15) is 18.0 Å². The van der Waals surface area contributed by atoms with Crippen LogP contribution in [0.3, 0.4) is 0 Å². The molecule has 1 amide bonds. The number of rotatable bonds is 6. The van der Waals surface area contributed by atoms with Gasteiger partial charge in [-0.25, -0.2) is 0 Å². The Morgan fingerprint density at radius 3 is 2.42 bits per heavy atom. The molecule has 0 aliphatic carbocycles. The maximum atomic E-state index is 12.6. The largest absolute Gasteiger partial charge is 0.406 e. The van der Waals surface area contributed by atoms with E-state index in [4.69, 9.17) is 0 Å². The van der Waals surface area contributed by atoms with Gasteiger partial charge in [-0.2, -0.15) is 13.2 Å². The van der Waals surface area contributed by atoms with Gasteiger partial charge in [0, 0.05) is 12.5 Å². The van der Waals surface area contributed by atoms with Gasteiger partial charge in [-0.1, -0.05) is 13.8 Å². The van der Waals surface area contributed by atoms with Crippen molar-refractivity contribution in [2.75, 3.05) is 19.6 Å². The Bertz CT molecular complexity index is 284. The average Bonchev–Trinajstić information content (AvgIpc) is 2.80. The third kappa shape index (κ3) is 5.38. The molecule has 0 saturated carbocycles. The molecule has 0 radical (unpaired) electrons. The Hall–Kier alpha value is -0.780. The van der Waals surface area contributed by atoms with E-state index >= 15 is 0 Å². The SMILES string of the molecule is CCC(CC)N(CC(F)(F)F)C(=O)CC1CCNC1. The van der Waals surface area contributed by atoms with Crippen LogP contribution in [0.5, 0.6) is 0 Å². The Balaban J connectivity index is 2.67. The molecule has 0 aromatic rings. The van der Waals surface area contributed by atoms with Gasteiger partial charge in [-0.05, 0) is 38.3 Å². The molecular formula is C13H23F3N2O. The number of amides is 1. The number of alkyl halides is 3. The molecular weight excluding hydrogens is 257 g/mol. The van der Waals surface area contributed by atoms with Gasteiger partial charge in [0.2, 0.25) is 5.91 Å². The van der Waals surface area contributed by atoms with E-state index in [2.05, 4.69) is 5.32 Å². The summed E-state index contributed by atoms with van der Waals surface area (Å²) in [6.45, 7) is 4.10. The highest BCUT2D eigenvalue weighted by Crippen LogP contribution is 2.23. The monoisotopic (exact) mass is 280 g/mol. The lowest BCUT2D eigenvalue weighted by molar-refractivity contribution is -0.166. The Morgan fingerprint density at radius 2 is 2.00 bits per heavy atom. The summed E-state index contributed by atoms with van der Waals surface area (Å²) in [7, 11) is 0. The summed E-state index contributed by atoms with van der Waals surface area (Å²) in [6.07, 6.45) is -2.12. The van der Waals surface area contributed by atoms with Crippen LogP contribution >= 0.6 is 0 Å². The quantitative estimate of drug-likeness (QED) is 0.811. The summed E-state index contributed by atoms with van der Waals surface area (Å²) in [5.74, 6) is -0.183. The van der Waals surface area contributed by atoms with Gasteiger partial charge in [0.25, 0.3) is 0 Å². The van der Waals surface area contributed by atoms with Crippen LogP contribution in [0, 0.1) is 5.92 Å². The number of hydrogen-bond donors (Lipinski definition) is 1. The number of nitrogens with zero attached hydrogens (tertiary/aromatic N) is 1. The minimum absolute atomic E-state index is 0.178. The molecule has 1 rings (SSSR count). The Kier molecular flexibility index (Phi) is 6.10. The molecule has 0 aromatic heterocycles. The molecule has 0 aromatic carbocycles. The molecule has 112 valence electrons. The van der Waals surface area contributed by atoms with Crippen molar-refractivity contribution in [2.24, 2.45) is 5.92 Å². The smallest absolute Gasteiger partial charge is 0.331 e. The van der Waals surface area contributed by atoms with E-state index < -0.39 is 12.7 Å². The molecule has 3 nitrogen and oxygen atoms in total. The van der Waals surface area contributed by atoms with Crippen LogP contribution < -0.4 is 5.32 Å². The molecule has 0 spiro atoms. The van der Waals surface area contributed by atoms with Gasteiger partial charge in [-0.15, -0.1) is 0 Å². The van der Waals surface area contributed by atoms with Gasteiger partial charge in [0.1, 0.15) is 6.54 Å². The fraction of sp³-hybridized carbons (Fsp3) is 0.923. The van der Waals surface area contributed by atoms with Gasteiger partial charge in [0.05, 0.1) is 0 Å². The highest BCUT2D eigenvalue weighted by molar-refractivity contribution is 5.77. The molecule has 1 fully saturated rings. The highest BCUT2D eigenvalue weighted by Gasteiger charge is 2.36. The normalized spacial score (nSPS) is 20.0. The number of carbonyl (C=O) groups excluding carboxylic acids is 1. The summed E-state index contributed by atoms with van der Waals surface area (Å²) in [4.78, 5) is 13.2. The first-order valence-electron chi connectivity index (χ1n) is 6.94. The van der Waals surface area contributed by atoms with Crippen molar-refractivity contribution in [1.82, 2.24) is 10.2 Å². The summed E-state index contributed by atoms with van der Waals surface area (Å²) in [5.41, 5.74) is 0. The van der Waals surface area contributed by atoms with E-state index in [1.54, 1.807) is 0 Å². The van der Waals surface area contributed by atoms with Crippen molar-refractivity contribution in [1.29, 1.82) is 0 Å².